The highest BCUT2D eigenvalue weighted by Gasteiger charge is 2.44. The van der Waals surface area contributed by atoms with Gasteiger partial charge in [0.15, 0.2) is 0 Å². The molecule has 2 fully saturated rings. The Morgan fingerprint density at radius 1 is 1.32 bits per heavy atom. The van der Waals surface area contributed by atoms with Crippen LogP contribution in [0, 0.1) is 11.3 Å². The lowest BCUT2D eigenvalue weighted by Gasteiger charge is -2.44. The molecule has 2 rings (SSSR count). The van der Waals surface area contributed by atoms with E-state index in [9.17, 15) is 0 Å². The van der Waals surface area contributed by atoms with Gasteiger partial charge in [0.25, 0.3) is 0 Å². The van der Waals surface area contributed by atoms with Crippen molar-refractivity contribution in [2.75, 3.05) is 26.4 Å². The van der Waals surface area contributed by atoms with Gasteiger partial charge in [0.1, 0.15) is 0 Å². The van der Waals surface area contributed by atoms with Crippen LogP contribution < -0.4 is 5.32 Å². The summed E-state index contributed by atoms with van der Waals surface area (Å²) < 4.78 is 11.6. The van der Waals surface area contributed by atoms with E-state index < -0.39 is 0 Å². The summed E-state index contributed by atoms with van der Waals surface area (Å²) in [6.45, 7) is 13.0. The van der Waals surface area contributed by atoms with Crippen molar-refractivity contribution in [1.29, 1.82) is 0 Å². The monoisotopic (exact) mass is 269 g/mol. The highest BCUT2D eigenvalue weighted by molar-refractivity contribution is 4.94. The molecule has 2 heterocycles. The van der Waals surface area contributed by atoms with Crippen molar-refractivity contribution < 1.29 is 9.47 Å². The van der Waals surface area contributed by atoms with Gasteiger partial charge in [0, 0.05) is 25.7 Å². The summed E-state index contributed by atoms with van der Waals surface area (Å²) in [7, 11) is 0. The first-order chi connectivity index (χ1) is 8.94. The molecule has 3 nitrogen and oxygen atoms in total. The van der Waals surface area contributed by atoms with Crippen LogP contribution in [-0.2, 0) is 9.47 Å². The zero-order chi connectivity index (χ0) is 13.9. The molecule has 2 atom stereocenters. The molecule has 2 saturated heterocycles. The standard InChI is InChI=1S/C16H31NO2/c1-13(2)17-8-6-15(3,4)14-5-9-19-16(11-14)7-10-18-12-16/h13-14,17H,5-12H2,1-4H3. The van der Waals surface area contributed by atoms with Crippen molar-refractivity contribution in [3.63, 3.8) is 0 Å². The minimum atomic E-state index is 0.0473. The molecule has 0 bridgehead atoms. The van der Waals surface area contributed by atoms with Crippen molar-refractivity contribution >= 4 is 0 Å². The molecule has 112 valence electrons. The SMILES string of the molecule is CC(C)NCCC(C)(C)C1CCOC2(CCOC2)C1. The van der Waals surface area contributed by atoms with Crippen LogP contribution in [0.15, 0.2) is 0 Å². The maximum atomic E-state index is 6.05. The van der Waals surface area contributed by atoms with Gasteiger partial charge < -0.3 is 14.8 Å². The van der Waals surface area contributed by atoms with E-state index in [1.807, 2.05) is 0 Å². The molecular weight excluding hydrogens is 238 g/mol. The van der Waals surface area contributed by atoms with Gasteiger partial charge in [-0.2, -0.15) is 0 Å². The normalized spacial score (nSPS) is 32.4. The highest BCUT2D eigenvalue weighted by Crippen LogP contribution is 2.44. The van der Waals surface area contributed by atoms with Crippen LogP contribution in [-0.4, -0.2) is 38.0 Å². The number of hydrogen-bond donors (Lipinski definition) is 1. The molecule has 0 aromatic rings. The Morgan fingerprint density at radius 3 is 2.74 bits per heavy atom. The minimum Gasteiger partial charge on any atom is -0.378 e. The lowest BCUT2D eigenvalue weighted by molar-refractivity contribution is -0.117. The topological polar surface area (TPSA) is 30.5 Å². The van der Waals surface area contributed by atoms with Gasteiger partial charge in [-0.25, -0.2) is 0 Å². The maximum absolute atomic E-state index is 6.05. The fraction of sp³-hybridized carbons (Fsp3) is 1.00. The largest absolute Gasteiger partial charge is 0.378 e. The third-order valence-electron chi connectivity index (χ3n) is 4.99. The lowest BCUT2D eigenvalue weighted by atomic mass is 9.68. The summed E-state index contributed by atoms with van der Waals surface area (Å²) in [4.78, 5) is 0. The fourth-order valence-corrected chi connectivity index (χ4v) is 3.45. The van der Waals surface area contributed by atoms with Gasteiger partial charge in [0.05, 0.1) is 12.2 Å². The van der Waals surface area contributed by atoms with E-state index in [0.29, 0.717) is 11.5 Å². The predicted octanol–water partition coefficient (Wildman–Crippen LogP) is 2.99. The Kier molecular flexibility index (Phi) is 4.91. The molecule has 2 aliphatic heterocycles. The van der Waals surface area contributed by atoms with Crippen LogP contribution in [0.2, 0.25) is 0 Å². The number of hydrogen-bond acceptors (Lipinski definition) is 3. The van der Waals surface area contributed by atoms with Gasteiger partial charge in [-0.1, -0.05) is 27.7 Å². The van der Waals surface area contributed by atoms with Crippen molar-refractivity contribution in [2.45, 2.75) is 65.0 Å². The van der Waals surface area contributed by atoms with E-state index in [4.69, 9.17) is 9.47 Å². The van der Waals surface area contributed by atoms with Crippen LogP contribution in [0.25, 0.3) is 0 Å². The highest BCUT2D eigenvalue weighted by atomic mass is 16.6. The summed E-state index contributed by atoms with van der Waals surface area (Å²) in [6.07, 6.45) is 4.72. The molecule has 3 heteroatoms. The van der Waals surface area contributed by atoms with Gasteiger partial charge >= 0.3 is 0 Å². The van der Waals surface area contributed by atoms with Crippen LogP contribution >= 0.6 is 0 Å². The number of nitrogens with one attached hydrogen (secondary N) is 1. The van der Waals surface area contributed by atoms with Crippen LogP contribution in [0.4, 0.5) is 0 Å². The molecule has 0 aliphatic carbocycles. The van der Waals surface area contributed by atoms with Gasteiger partial charge in [-0.3, -0.25) is 0 Å². The summed E-state index contributed by atoms with van der Waals surface area (Å²) >= 11 is 0. The second kappa shape index (κ2) is 6.11. The summed E-state index contributed by atoms with van der Waals surface area (Å²) in [6, 6.07) is 0.583. The molecule has 2 unspecified atom stereocenters. The third kappa shape index (κ3) is 3.93. The zero-order valence-electron chi connectivity index (χ0n) is 13.1. The molecule has 1 spiro atoms. The molecule has 0 amide bonds. The van der Waals surface area contributed by atoms with Crippen molar-refractivity contribution in [3.8, 4) is 0 Å². The van der Waals surface area contributed by atoms with Gasteiger partial charge in [-0.05, 0) is 37.1 Å². The van der Waals surface area contributed by atoms with Crippen molar-refractivity contribution in [3.05, 3.63) is 0 Å². The first kappa shape index (κ1) is 15.3. The van der Waals surface area contributed by atoms with Crippen LogP contribution in [0.3, 0.4) is 0 Å². The van der Waals surface area contributed by atoms with Gasteiger partial charge in [-0.15, -0.1) is 0 Å². The van der Waals surface area contributed by atoms with Crippen molar-refractivity contribution in [2.24, 2.45) is 11.3 Å². The first-order valence-corrected chi connectivity index (χ1v) is 7.89. The maximum Gasteiger partial charge on any atom is 0.0939 e. The third-order valence-corrected chi connectivity index (χ3v) is 4.99. The molecule has 0 aromatic carbocycles. The molecule has 0 saturated carbocycles. The first-order valence-electron chi connectivity index (χ1n) is 7.89. The average Bonchev–Trinajstić information content (AvgIpc) is 2.76. The minimum absolute atomic E-state index is 0.0473. The Balaban J connectivity index is 1.88. The molecule has 19 heavy (non-hydrogen) atoms. The van der Waals surface area contributed by atoms with Crippen LogP contribution in [0.1, 0.15) is 53.4 Å². The van der Waals surface area contributed by atoms with Crippen molar-refractivity contribution in [1.82, 2.24) is 5.32 Å². The van der Waals surface area contributed by atoms with E-state index in [0.717, 1.165) is 38.7 Å². The lowest BCUT2D eigenvalue weighted by Crippen LogP contribution is -2.45. The summed E-state index contributed by atoms with van der Waals surface area (Å²) in [5, 5.41) is 3.55. The Bertz CT molecular complexity index is 282. The Labute approximate surface area is 118 Å². The van der Waals surface area contributed by atoms with E-state index in [2.05, 4.69) is 33.0 Å². The Morgan fingerprint density at radius 2 is 2.11 bits per heavy atom. The molecule has 0 radical (unpaired) electrons. The number of ether oxygens (including phenoxy) is 2. The molecular formula is C16H31NO2. The van der Waals surface area contributed by atoms with E-state index in [1.54, 1.807) is 0 Å². The smallest absolute Gasteiger partial charge is 0.0939 e. The van der Waals surface area contributed by atoms with E-state index >= 15 is 0 Å². The quantitative estimate of drug-likeness (QED) is 0.832. The second-order valence-electron chi connectivity index (χ2n) is 7.37. The second-order valence-corrected chi connectivity index (χ2v) is 7.37. The number of rotatable bonds is 5. The fourth-order valence-electron chi connectivity index (χ4n) is 3.45. The summed E-state index contributed by atoms with van der Waals surface area (Å²) in [5.74, 6) is 0.761. The predicted molar refractivity (Wildman–Crippen MR) is 78.4 cm³/mol. The zero-order valence-corrected chi connectivity index (χ0v) is 13.1. The van der Waals surface area contributed by atoms with E-state index in [-0.39, 0.29) is 5.60 Å². The van der Waals surface area contributed by atoms with E-state index in [1.165, 1.54) is 19.3 Å². The molecule has 2 aliphatic rings. The average molecular weight is 269 g/mol. The van der Waals surface area contributed by atoms with Crippen LogP contribution in [0.5, 0.6) is 0 Å². The molecule has 1 N–H and O–H groups in total. The summed E-state index contributed by atoms with van der Waals surface area (Å²) in [5.41, 5.74) is 0.437. The Hall–Kier alpha value is -0.120. The van der Waals surface area contributed by atoms with Gasteiger partial charge in [0.2, 0.25) is 0 Å². The molecule has 0 aromatic heterocycles.